The van der Waals surface area contributed by atoms with Gasteiger partial charge in [-0.15, -0.1) is 0 Å². The number of piperidine rings is 1. The number of hydrogen-bond donors (Lipinski definition) is 1. The van der Waals surface area contributed by atoms with Crippen LogP contribution < -0.4 is 5.32 Å². The lowest BCUT2D eigenvalue weighted by Gasteiger charge is -2.37. The lowest BCUT2D eigenvalue weighted by atomic mass is 9.93. The van der Waals surface area contributed by atoms with E-state index in [2.05, 4.69) is 27.1 Å². The van der Waals surface area contributed by atoms with E-state index in [1.54, 1.807) is 6.20 Å². The van der Waals surface area contributed by atoms with Crippen LogP contribution >= 0.6 is 0 Å². The average molecular weight is 400 g/mol. The van der Waals surface area contributed by atoms with Gasteiger partial charge < -0.3 is 5.32 Å². The van der Waals surface area contributed by atoms with Gasteiger partial charge in [0.15, 0.2) is 0 Å². The molecule has 2 atom stereocenters. The van der Waals surface area contributed by atoms with Crippen LogP contribution in [0.4, 0.5) is 18.9 Å². The predicted molar refractivity (Wildman–Crippen MR) is 107 cm³/mol. The second-order valence-electron chi connectivity index (χ2n) is 7.66. The van der Waals surface area contributed by atoms with Crippen LogP contribution in [-0.4, -0.2) is 34.0 Å². The molecule has 0 saturated carbocycles. The highest BCUT2D eigenvalue weighted by molar-refractivity contribution is 5.91. The second-order valence-corrected chi connectivity index (χ2v) is 7.66. The quantitative estimate of drug-likeness (QED) is 0.671. The molecule has 3 aromatic rings. The molecule has 0 amide bonds. The van der Waals surface area contributed by atoms with E-state index < -0.39 is 11.7 Å². The van der Waals surface area contributed by atoms with Gasteiger partial charge in [-0.25, -0.2) is 0 Å². The lowest BCUT2D eigenvalue weighted by molar-refractivity contribution is -0.137. The molecule has 4 rings (SSSR count). The maximum atomic E-state index is 13.0. The zero-order valence-electron chi connectivity index (χ0n) is 16.2. The Kier molecular flexibility index (Phi) is 5.41. The summed E-state index contributed by atoms with van der Waals surface area (Å²) < 4.78 is 38.9. The van der Waals surface area contributed by atoms with Crippen molar-refractivity contribution in [2.75, 3.05) is 18.4 Å². The van der Waals surface area contributed by atoms with E-state index in [0.717, 1.165) is 49.6 Å². The Morgan fingerprint density at radius 2 is 1.97 bits per heavy atom. The lowest BCUT2D eigenvalue weighted by Crippen LogP contribution is -2.44. The monoisotopic (exact) mass is 400 g/mol. The second kappa shape index (κ2) is 7.99. The van der Waals surface area contributed by atoms with Crippen molar-refractivity contribution in [1.29, 1.82) is 0 Å². The maximum absolute atomic E-state index is 13.0. The molecule has 2 unspecified atom stereocenters. The first-order chi connectivity index (χ1) is 13.9. The highest BCUT2D eigenvalue weighted by Gasteiger charge is 2.31. The van der Waals surface area contributed by atoms with Gasteiger partial charge in [0.25, 0.3) is 0 Å². The summed E-state index contributed by atoms with van der Waals surface area (Å²) in [6.07, 6.45) is -0.0375. The molecule has 0 radical (unpaired) electrons. The molecular formula is C22H23F3N4. The molecule has 4 nitrogen and oxygen atoms in total. The summed E-state index contributed by atoms with van der Waals surface area (Å²) >= 11 is 0. The van der Waals surface area contributed by atoms with Gasteiger partial charge in [0.2, 0.25) is 0 Å². The van der Waals surface area contributed by atoms with Crippen LogP contribution in [0, 0.1) is 5.92 Å². The number of benzene rings is 1. The molecular weight excluding hydrogens is 377 g/mol. The number of pyridine rings is 2. The van der Waals surface area contributed by atoms with Gasteiger partial charge in [-0.3, -0.25) is 14.9 Å². The summed E-state index contributed by atoms with van der Waals surface area (Å²) in [7, 11) is 0. The van der Waals surface area contributed by atoms with E-state index in [4.69, 9.17) is 0 Å². The number of halogens is 3. The van der Waals surface area contributed by atoms with Gasteiger partial charge in [0, 0.05) is 49.1 Å². The van der Waals surface area contributed by atoms with Crippen molar-refractivity contribution >= 4 is 16.6 Å². The molecule has 3 heterocycles. The zero-order valence-corrected chi connectivity index (χ0v) is 16.2. The first-order valence-corrected chi connectivity index (χ1v) is 9.75. The molecule has 29 heavy (non-hydrogen) atoms. The van der Waals surface area contributed by atoms with E-state index in [-0.39, 0.29) is 6.04 Å². The summed E-state index contributed by atoms with van der Waals surface area (Å²) in [5.41, 5.74) is 1.57. The first kappa shape index (κ1) is 19.6. The van der Waals surface area contributed by atoms with Gasteiger partial charge in [0.05, 0.1) is 16.8 Å². The Morgan fingerprint density at radius 3 is 2.69 bits per heavy atom. The van der Waals surface area contributed by atoms with Crippen LogP contribution in [0.1, 0.15) is 24.6 Å². The smallest absolute Gasteiger partial charge is 0.381 e. The fourth-order valence-corrected chi connectivity index (χ4v) is 3.96. The van der Waals surface area contributed by atoms with E-state index in [0.29, 0.717) is 16.8 Å². The number of likely N-dealkylation sites (tertiary alicyclic amines) is 1. The Morgan fingerprint density at radius 1 is 1.10 bits per heavy atom. The van der Waals surface area contributed by atoms with Crippen molar-refractivity contribution in [3.63, 3.8) is 0 Å². The molecule has 152 valence electrons. The van der Waals surface area contributed by atoms with Crippen LogP contribution in [0.15, 0.2) is 54.9 Å². The normalized spacial score (nSPS) is 20.7. The van der Waals surface area contributed by atoms with E-state index >= 15 is 0 Å². The van der Waals surface area contributed by atoms with Gasteiger partial charge in [-0.05, 0) is 42.7 Å². The Hall–Kier alpha value is -2.67. The molecule has 1 saturated heterocycles. The number of nitrogens with zero attached hydrogens (tertiary/aromatic N) is 3. The topological polar surface area (TPSA) is 41.1 Å². The molecule has 1 aliphatic rings. The molecule has 0 spiro atoms. The van der Waals surface area contributed by atoms with Crippen molar-refractivity contribution in [3.8, 4) is 0 Å². The van der Waals surface area contributed by atoms with Crippen LogP contribution in [0.5, 0.6) is 0 Å². The largest absolute Gasteiger partial charge is 0.416 e. The molecule has 1 aliphatic heterocycles. The predicted octanol–water partition coefficient (Wildman–Crippen LogP) is 4.97. The molecule has 7 heteroatoms. The van der Waals surface area contributed by atoms with Crippen molar-refractivity contribution < 1.29 is 13.2 Å². The summed E-state index contributed by atoms with van der Waals surface area (Å²) in [5.74, 6) is 0.394. The zero-order chi connectivity index (χ0) is 20.4. The van der Waals surface area contributed by atoms with Gasteiger partial charge in [-0.1, -0.05) is 19.1 Å². The van der Waals surface area contributed by atoms with Crippen molar-refractivity contribution in [2.24, 2.45) is 5.92 Å². The molecule has 1 N–H and O–H groups in total. The van der Waals surface area contributed by atoms with Crippen LogP contribution in [-0.2, 0) is 12.7 Å². The SMILES string of the molecule is CC1CN(Cc2ccccn2)CCC1Nc1ccnc2cc(C(F)(F)F)ccc12. The summed E-state index contributed by atoms with van der Waals surface area (Å²) in [6, 6.07) is 11.8. The van der Waals surface area contributed by atoms with E-state index in [1.165, 1.54) is 6.07 Å². The van der Waals surface area contributed by atoms with E-state index in [1.807, 2.05) is 30.5 Å². The van der Waals surface area contributed by atoms with Gasteiger partial charge in [-0.2, -0.15) is 13.2 Å². The number of nitrogens with one attached hydrogen (secondary N) is 1. The third kappa shape index (κ3) is 4.50. The van der Waals surface area contributed by atoms with Crippen molar-refractivity contribution in [3.05, 3.63) is 66.1 Å². The standard InChI is InChI=1S/C22H23F3N4/c1-15-13-29(14-17-4-2-3-9-26-17)11-8-19(15)28-20-7-10-27-21-12-16(22(23,24)25)5-6-18(20)21/h2-7,9-10,12,15,19H,8,11,13-14H2,1H3,(H,27,28). The van der Waals surface area contributed by atoms with Crippen molar-refractivity contribution in [1.82, 2.24) is 14.9 Å². The van der Waals surface area contributed by atoms with Crippen LogP contribution in [0.3, 0.4) is 0 Å². The number of anilines is 1. The minimum Gasteiger partial charge on any atom is -0.381 e. The first-order valence-electron chi connectivity index (χ1n) is 9.75. The minimum atomic E-state index is -4.37. The minimum absolute atomic E-state index is 0.253. The molecule has 2 aromatic heterocycles. The van der Waals surface area contributed by atoms with Crippen LogP contribution in [0.2, 0.25) is 0 Å². The van der Waals surface area contributed by atoms with Crippen molar-refractivity contribution in [2.45, 2.75) is 32.1 Å². The summed E-state index contributed by atoms with van der Waals surface area (Å²) in [6.45, 7) is 4.92. The van der Waals surface area contributed by atoms with E-state index in [9.17, 15) is 13.2 Å². The van der Waals surface area contributed by atoms with Gasteiger partial charge >= 0.3 is 6.18 Å². The maximum Gasteiger partial charge on any atom is 0.416 e. The molecule has 0 bridgehead atoms. The molecule has 1 aromatic carbocycles. The third-order valence-electron chi connectivity index (χ3n) is 5.51. The number of fused-ring (bicyclic) bond motifs is 1. The highest BCUT2D eigenvalue weighted by Crippen LogP contribution is 2.33. The fourth-order valence-electron chi connectivity index (χ4n) is 3.96. The molecule has 1 fully saturated rings. The van der Waals surface area contributed by atoms with Gasteiger partial charge in [0.1, 0.15) is 0 Å². The molecule has 0 aliphatic carbocycles. The highest BCUT2D eigenvalue weighted by atomic mass is 19.4. The van der Waals surface area contributed by atoms with Crippen LogP contribution in [0.25, 0.3) is 10.9 Å². The number of rotatable bonds is 4. The Labute approximate surface area is 167 Å². The fraction of sp³-hybridized carbons (Fsp3) is 0.364. The summed E-state index contributed by atoms with van der Waals surface area (Å²) in [4.78, 5) is 10.9. The third-order valence-corrected chi connectivity index (χ3v) is 5.51. The number of alkyl halides is 3. The number of hydrogen-bond acceptors (Lipinski definition) is 4. The Balaban J connectivity index is 1.46. The number of aromatic nitrogens is 2. The Bertz CT molecular complexity index is 975. The summed E-state index contributed by atoms with van der Waals surface area (Å²) in [5, 5.41) is 4.26. The average Bonchev–Trinajstić information content (AvgIpc) is 2.70.